The molecule has 2 aromatic carbocycles. The number of rotatable bonds is 8. The van der Waals surface area contributed by atoms with Gasteiger partial charge in [-0.15, -0.1) is 0 Å². The molecule has 0 spiro atoms. The zero-order chi connectivity index (χ0) is 19.5. The molecule has 0 radical (unpaired) electrons. The summed E-state index contributed by atoms with van der Waals surface area (Å²) < 4.78 is 32.2. The summed E-state index contributed by atoms with van der Waals surface area (Å²) in [7, 11) is 3.14. The number of aliphatic hydroxyl groups is 1. The van der Waals surface area contributed by atoms with E-state index in [2.05, 4.69) is 5.32 Å². The molecule has 2 aliphatic heterocycles. The quantitative estimate of drug-likeness (QED) is 0.664. The molecule has 2 aliphatic rings. The van der Waals surface area contributed by atoms with Gasteiger partial charge in [-0.25, -0.2) is 0 Å². The van der Waals surface area contributed by atoms with Crippen molar-refractivity contribution in [1.29, 1.82) is 0 Å². The summed E-state index contributed by atoms with van der Waals surface area (Å²) in [5.41, 5.74) is 1.55. The summed E-state index contributed by atoms with van der Waals surface area (Å²) in [4.78, 5) is 0. The lowest BCUT2D eigenvalue weighted by Gasteiger charge is -2.27. The fraction of sp³-hybridized carbons (Fsp3) is 0.400. The van der Waals surface area contributed by atoms with E-state index in [1.807, 2.05) is 24.3 Å². The van der Waals surface area contributed by atoms with Gasteiger partial charge in [0, 0.05) is 20.8 Å². The minimum atomic E-state index is -0.857. The molecular formula is C20H23NO7. The Morgan fingerprint density at radius 2 is 1.39 bits per heavy atom. The molecule has 0 fully saturated rings. The number of nitrogens with one attached hydrogen (secondary N) is 1. The van der Waals surface area contributed by atoms with Gasteiger partial charge < -0.3 is 38.8 Å². The topological polar surface area (TPSA) is 87.6 Å². The van der Waals surface area contributed by atoms with Crippen molar-refractivity contribution >= 4 is 0 Å². The SMILES string of the molecule is COC(CN[C@H](c1ccc2c(c1)OCO2)[C@@H](O)c1ccc2c(c1)OCO2)OC. The average molecular weight is 389 g/mol. The lowest BCUT2D eigenvalue weighted by atomic mass is 9.95. The van der Waals surface area contributed by atoms with E-state index < -0.39 is 18.4 Å². The normalized spacial score (nSPS) is 16.4. The molecule has 0 unspecified atom stereocenters. The Kier molecular flexibility index (Phi) is 5.54. The Balaban J connectivity index is 1.61. The van der Waals surface area contributed by atoms with Gasteiger partial charge in [-0.3, -0.25) is 0 Å². The molecule has 8 heteroatoms. The fourth-order valence-corrected chi connectivity index (χ4v) is 3.29. The van der Waals surface area contributed by atoms with Gasteiger partial charge in [-0.05, 0) is 35.4 Å². The van der Waals surface area contributed by atoms with E-state index in [0.29, 0.717) is 35.1 Å². The van der Waals surface area contributed by atoms with Gasteiger partial charge in [0.1, 0.15) is 0 Å². The van der Waals surface area contributed by atoms with Gasteiger partial charge in [0.15, 0.2) is 29.3 Å². The number of hydrogen-bond donors (Lipinski definition) is 2. The van der Waals surface area contributed by atoms with Crippen molar-refractivity contribution in [2.45, 2.75) is 18.4 Å². The molecule has 0 bridgehead atoms. The monoisotopic (exact) mass is 389 g/mol. The molecule has 150 valence electrons. The zero-order valence-corrected chi connectivity index (χ0v) is 15.7. The first kappa shape index (κ1) is 18.8. The highest BCUT2D eigenvalue weighted by atomic mass is 16.7. The Morgan fingerprint density at radius 1 is 0.857 bits per heavy atom. The van der Waals surface area contributed by atoms with Crippen LogP contribution in [0.5, 0.6) is 23.0 Å². The maximum absolute atomic E-state index is 11.2. The van der Waals surface area contributed by atoms with Crippen molar-refractivity contribution in [2.24, 2.45) is 0 Å². The van der Waals surface area contributed by atoms with Crippen LogP contribution in [0.25, 0.3) is 0 Å². The van der Waals surface area contributed by atoms with E-state index in [9.17, 15) is 5.11 Å². The van der Waals surface area contributed by atoms with Gasteiger partial charge in [-0.2, -0.15) is 0 Å². The van der Waals surface area contributed by atoms with E-state index in [4.69, 9.17) is 28.4 Å². The number of hydrogen-bond acceptors (Lipinski definition) is 8. The zero-order valence-electron chi connectivity index (χ0n) is 15.7. The van der Waals surface area contributed by atoms with Crippen LogP contribution in [-0.4, -0.2) is 45.7 Å². The van der Waals surface area contributed by atoms with Gasteiger partial charge in [0.2, 0.25) is 13.6 Å². The average Bonchev–Trinajstić information content (AvgIpc) is 3.38. The highest BCUT2D eigenvalue weighted by Gasteiger charge is 2.27. The molecule has 2 heterocycles. The number of ether oxygens (including phenoxy) is 6. The number of aliphatic hydroxyl groups excluding tert-OH is 1. The molecule has 28 heavy (non-hydrogen) atoms. The lowest BCUT2D eigenvalue weighted by Crippen LogP contribution is -2.35. The van der Waals surface area contributed by atoms with E-state index >= 15 is 0 Å². The maximum atomic E-state index is 11.2. The van der Waals surface area contributed by atoms with Gasteiger partial charge in [0.05, 0.1) is 12.1 Å². The molecule has 2 atom stereocenters. The van der Waals surface area contributed by atoms with Crippen LogP contribution < -0.4 is 24.3 Å². The van der Waals surface area contributed by atoms with E-state index in [1.165, 1.54) is 0 Å². The van der Waals surface area contributed by atoms with Crippen LogP contribution in [0, 0.1) is 0 Å². The summed E-state index contributed by atoms with van der Waals surface area (Å²) in [5.74, 6) is 2.62. The summed E-state index contributed by atoms with van der Waals surface area (Å²) in [6, 6.07) is 10.6. The largest absolute Gasteiger partial charge is 0.454 e. The molecule has 0 saturated heterocycles. The molecule has 4 rings (SSSR count). The van der Waals surface area contributed by atoms with Gasteiger partial charge in [0.25, 0.3) is 0 Å². The van der Waals surface area contributed by atoms with Crippen molar-refractivity contribution in [3.63, 3.8) is 0 Å². The van der Waals surface area contributed by atoms with Crippen LogP contribution in [0.1, 0.15) is 23.3 Å². The first-order chi connectivity index (χ1) is 13.7. The van der Waals surface area contributed by atoms with Gasteiger partial charge >= 0.3 is 0 Å². The first-order valence-electron chi connectivity index (χ1n) is 8.95. The van der Waals surface area contributed by atoms with Crippen LogP contribution in [0.3, 0.4) is 0 Å². The smallest absolute Gasteiger partial charge is 0.231 e. The molecule has 0 aromatic heterocycles. The highest BCUT2D eigenvalue weighted by Crippen LogP contribution is 2.40. The maximum Gasteiger partial charge on any atom is 0.231 e. The predicted molar refractivity (Wildman–Crippen MR) is 98.6 cm³/mol. The summed E-state index contributed by atoms with van der Waals surface area (Å²) in [6.07, 6.45) is -1.30. The van der Waals surface area contributed by atoms with Crippen LogP contribution in [0.4, 0.5) is 0 Å². The molecule has 0 saturated carbocycles. The molecule has 0 aliphatic carbocycles. The lowest BCUT2D eigenvalue weighted by molar-refractivity contribution is -0.101. The van der Waals surface area contributed by atoms with Crippen LogP contribution in [0.2, 0.25) is 0 Å². The predicted octanol–water partition coefficient (Wildman–Crippen LogP) is 2.13. The number of methoxy groups -OCH3 is 2. The molecule has 8 nitrogen and oxygen atoms in total. The molecular weight excluding hydrogens is 366 g/mol. The third-order valence-electron chi connectivity index (χ3n) is 4.84. The van der Waals surface area contributed by atoms with E-state index in [1.54, 1.807) is 26.4 Å². The van der Waals surface area contributed by atoms with Crippen molar-refractivity contribution in [3.05, 3.63) is 47.5 Å². The standard InChI is InChI=1S/C20H23NO7/c1-23-18(24-2)9-21-19(12-3-5-14-16(7-12)27-10-25-14)20(22)13-4-6-15-17(8-13)28-11-26-15/h3-8,18-22H,9-11H2,1-2H3/t19-,20+/m1/s1. The molecule has 2 N–H and O–H groups in total. The van der Waals surface area contributed by atoms with Crippen molar-refractivity contribution in [3.8, 4) is 23.0 Å². The second-order valence-electron chi connectivity index (χ2n) is 6.46. The van der Waals surface area contributed by atoms with E-state index in [0.717, 1.165) is 5.56 Å². The van der Waals surface area contributed by atoms with Crippen molar-refractivity contribution < 1.29 is 33.5 Å². The second-order valence-corrected chi connectivity index (χ2v) is 6.46. The first-order valence-corrected chi connectivity index (χ1v) is 8.95. The Labute approximate surface area is 162 Å². The van der Waals surface area contributed by atoms with Crippen LogP contribution in [-0.2, 0) is 9.47 Å². The molecule has 0 amide bonds. The number of fused-ring (bicyclic) bond motifs is 2. The van der Waals surface area contributed by atoms with Crippen LogP contribution in [0.15, 0.2) is 36.4 Å². The summed E-state index contributed by atoms with van der Waals surface area (Å²) in [5, 5.41) is 14.5. The minimum absolute atomic E-state index is 0.183. The number of benzene rings is 2. The van der Waals surface area contributed by atoms with Crippen molar-refractivity contribution in [2.75, 3.05) is 34.4 Å². The van der Waals surface area contributed by atoms with Gasteiger partial charge in [-0.1, -0.05) is 12.1 Å². The van der Waals surface area contributed by atoms with E-state index in [-0.39, 0.29) is 13.6 Å². The summed E-state index contributed by atoms with van der Waals surface area (Å²) >= 11 is 0. The second kappa shape index (κ2) is 8.24. The summed E-state index contributed by atoms with van der Waals surface area (Å²) in [6.45, 7) is 0.757. The Bertz CT molecular complexity index is 824. The Morgan fingerprint density at radius 3 is 2.00 bits per heavy atom. The van der Waals surface area contributed by atoms with Crippen LogP contribution >= 0.6 is 0 Å². The highest BCUT2D eigenvalue weighted by molar-refractivity contribution is 5.48. The fourth-order valence-electron chi connectivity index (χ4n) is 3.29. The Hall–Kier alpha value is -2.52. The van der Waals surface area contributed by atoms with Crippen molar-refractivity contribution in [1.82, 2.24) is 5.32 Å². The third kappa shape index (κ3) is 3.72. The minimum Gasteiger partial charge on any atom is -0.454 e. The third-order valence-corrected chi connectivity index (χ3v) is 4.84. The molecule has 2 aromatic rings.